The number of hydrogen-bond donors (Lipinski definition) is 3. The van der Waals surface area contributed by atoms with Gasteiger partial charge in [0.2, 0.25) is 11.8 Å². The molecule has 142 valence electrons. The van der Waals surface area contributed by atoms with Crippen molar-refractivity contribution in [2.45, 2.75) is 26.7 Å². The maximum atomic E-state index is 11.9. The summed E-state index contributed by atoms with van der Waals surface area (Å²) in [4.78, 5) is 23.8. The van der Waals surface area contributed by atoms with Crippen molar-refractivity contribution in [3.05, 3.63) is 54.1 Å². The van der Waals surface area contributed by atoms with Gasteiger partial charge < -0.3 is 15.2 Å². The number of phenols is 1. The fourth-order valence-corrected chi connectivity index (χ4v) is 2.22. The number of hydrogen-bond acceptors (Lipinski definition) is 5. The van der Waals surface area contributed by atoms with E-state index in [2.05, 4.69) is 15.8 Å². The Labute approximate surface area is 158 Å². The highest BCUT2D eigenvalue weighted by Crippen LogP contribution is 2.16. The normalized spacial score (nSPS) is 11.0. The number of amides is 2. The Morgan fingerprint density at radius 2 is 1.63 bits per heavy atom. The Morgan fingerprint density at radius 3 is 2.26 bits per heavy atom. The van der Waals surface area contributed by atoms with Gasteiger partial charge in [0, 0.05) is 18.5 Å². The smallest absolute Gasteiger partial charge is 0.240 e. The maximum Gasteiger partial charge on any atom is 0.240 e. The van der Waals surface area contributed by atoms with Crippen molar-refractivity contribution in [1.29, 1.82) is 0 Å². The first-order valence-corrected chi connectivity index (χ1v) is 8.63. The zero-order valence-electron chi connectivity index (χ0n) is 15.4. The van der Waals surface area contributed by atoms with Crippen molar-refractivity contribution in [2.24, 2.45) is 5.10 Å². The first-order valence-electron chi connectivity index (χ1n) is 8.63. The fraction of sp³-hybridized carbons (Fsp3) is 0.250. The number of anilines is 1. The van der Waals surface area contributed by atoms with Gasteiger partial charge in [0.25, 0.3) is 0 Å². The van der Waals surface area contributed by atoms with Gasteiger partial charge in [-0.3, -0.25) is 9.59 Å². The number of nitrogens with one attached hydrogen (secondary N) is 2. The number of rotatable bonds is 8. The Hall–Kier alpha value is -3.35. The minimum atomic E-state index is -0.352. The first-order chi connectivity index (χ1) is 13.0. The zero-order valence-corrected chi connectivity index (χ0v) is 15.4. The summed E-state index contributed by atoms with van der Waals surface area (Å²) >= 11 is 0. The van der Waals surface area contributed by atoms with Crippen LogP contribution < -0.4 is 15.5 Å². The Kier molecular flexibility index (Phi) is 7.37. The van der Waals surface area contributed by atoms with E-state index >= 15 is 0 Å². The lowest BCUT2D eigenvalue weighted by atomic mass is 10.1. The number of nitrogens with zero attached hydrogens (tertiary/aromatic N) is 1. The molecule has 0 aliphatic carbocycles. The van der Waals surface area contributed by atoms with Crippen molar-refractivity contribution in [1.82, 2.24) is 5.43 Å². The molecule has 2 amide bonds. The molecular weight excluding hydrogens is 346 g/mol. The van der Waals surface area contributed by atoms with Crippen LogP contribution in [0.3, 0.4) is 0 Å². The largest absolute Gasteiger partial charge is 0.508 e. The summed E-state index contributed by atoms with van der Waals surface area (Å²) in [5.41, 5.74) is 4.45. The molecule has 0 spiro atoms. The molecule has 0 atom stereocenters. The Bertz CT molecular complexity index is 799. The van der Waals surface area contributed by atoms with E-state index in [1.165, 1.54) is 0 Å². The summed E-state index contributed by atoms with van der Waals surface area (Å²) in [5, 5.41) is 16.0. The summed E-state index contributed by atoms with van der Waals surface area (Å²) < 4.78 is 5.34. The van der Waals surface area contributed by atoms with Crippen molar-refractivity contribution < 1.29 is 19.4 Å². The monoisotopic (exact) mass is 369 g/mol. The molecule has 3 N–H and O–H groups in total. The van der Waals surface area contributed by atoms with Gasteiger partial charge in [-0.1, -0.05) is 0 Å². The third kappa shape index (κ3) is 6.81. The van der Waals surface area contributed by atoms with Gasteiger partial charge in [-0.2, -0.15) is 5.10 Å². The number of carbonyl (C=O) groups excluding carboxylic acids is 2. The van der Waals surface area contributed by atoms with Crippen LogP contribution >= 0.6 is 0 Å². The van der Waals surface area contributed by atoms with Crippen LogP contribution in [0.25, 0.3) is 0 Å². The second kappa shape index (κ2) is 9.96. The number of ether oxygens (including phenoxy) is 1. The van der Waals surface area contributed by atoms with Crippen molar-refractivity contribution >= 4 is 23.2 Å². The number of hydrazone groups is 1. The third-order valence-electron chi connectivity index (χ3n) is 3.66. The molecule has 0 fully saturated rings. The molecule has 27 heavy (non-hydrogen) atoms. The molecule has 0 aliphatic rings. The van der Waals surface area contributed by atoms with E-state index in [4.69, 9.17) is 4.74 Å². The van der Waals surface area contributed by atoms with Crippen LogP contribution in [0.1, 0.15) is 32.3 Å². The number of aromatic hydroxyl groups is 1. The fourth-order valence-electron chi connectivity index (χ4n) is 2.22. The van der Waals surface area contributed by atoms with E-state index in [0.717, 1.165) is 11.3 Å². The summed E-state index contributed by atoms with van der Waals surface area (Å²) in [6.45, 7) is 4.22. The molecule has 0 unspecified atom stereocenters. The predicted molar refractivity (Wildman–Crippen MR) is 104 cm³/mol. The maximum absolute atomic E-state index is 11.9. The highest BCUT2D eigenvalue weighted by Gasteiger charge is 2.07. The molecule has 0 saturated carbocycles. The van der Waals surface area contributed by atoms with Crippen LogP contribution in [-0.4, -0.2) is 29.2 Å². The standard InChI is InChI=1S/C20H23N3O4/c1-3-27-18-10-6-16(7-11-18)21-19(25)12-13-20(26)23-22-14(2)15-4-8-17(24)9-5-15/h4-11,24H,3,12-13H2,1-2H3,(H,21,25)(H,23,26)/b22-14+. The molecule has 7 nitrogen and oxygen atoms in total. The molecule has 2 aromatic carbocycles. The highest BCUT2D eigenvalue weighted by atomic mass is 16.5. The average Bonchev–Trinajstić information content (AvgIpc) is 2.67. The van der Waals surface area contributed by atoms with E-state index in [1.807, 2.05) is 6.92 Å². The summed E-state index contributed by atoms with van der Waals surface area (Å²) in [7, 11) is 0. The molecule has 0 bridgehead atoms. The third-order valence-corrected chi connectivity index (χ3v) is 3.66. The molecule has 0 aromatic heterocycles. The molecule has 2 aromatic rings. The highest BCUT2D eigenvalue weighted by molar-refractivity contribution is 5.99. The van der Waals surface area contributed by atoms with Crippen LogP contribution in [0.15, 0.2) is 53.6 Å². The topological polar surface area (TPSA) is 100 Å². The van der Waals surface area contributed by atoms with Gasteiger partial charge >= 0.3 is 0 Å². The zero-order chi connectivity index (χ0) is 19.6. The number of benzene rings is 2. The van der Waals surface area contributed by atoms with Crippen LogP contribution in [0.2, 0.25) is 0 Å². The minimum absolute atomic E-state index is 0.0230. The Balaban J connectivity index is 1.76. The van der Waals surface area contributed by atoms with Gasteiger partial charge in [0.15, 0.2) is 0 Å². The van der Waals surface area contributed by atoms with Crippen LogP contribution in [-0.2, 0) is 9.59 Å². The van der Waals surface area contributed by atoms with E-state index in [9.17, 15) is 14.7 Å². The number of phenolic OH excluding ortho intramolecular Hbond substituents is 1. The van der Waals surface area contributed by atoms with Gasteiger partial charge in [-0.15, -0.1) is 0 Å². The van der Waals surface area contributed by atoms with Crippen LogP contribution in [0, 0.1) is 0 Å². The van der Waals surface area contributed by atoms with E-state index in [1.54, 1.807) is 55.5 Å². The van der Waals surface area contributed by atoms with Crippen LogP contribution in [0.4, 0.5) is 5.69 Å². The second-order valence-electron chi connectivity index (χ2n) is 5.78. The molecule has 0 saturated heterocycles. The summed E-state index contributed by atoms with van der Waals surface area (Å²) in [6.07, 6.45) is 0.0715. The number of carbonyl (C=O) groups is 2. The molecular formula is C20H23N3O4. The van der Waals surface area contributed by atoms with Crippen molar-refractivity contribution in [3.8, 4) is 11.5 Å². The Morgan fingerprint density at radius 1 is 1.00 bits per heavy atom. The lowest BCUT2D eigenvalue weighted by molar-refractivity contribution is -0.124. The van der Waals surface area contributed by atoms with E-state index in [-0.39, 0.29) is 30.4 Å². The molecule has 0 heterocycles. The van der Waals surface area contributed by atoms with Gasteiger partial charge in [-0.25, -0.2) is 5.43 Å². The van der Waals surface area contributed by atoms with Crippen LogP contribution in [0.5, 0.6) is 11.5 Å². The van der Waals surface area contributed by atoms with E-state index < -0.39 is 0 Å². The van der Waals surface area contributed by atoms with Crippen molar-refractivity contribution in [3.63, 3.8) is 0 Å². The molecule has 7 heteroatoms. The van der Waals surface area contributed by atoms with Gasteiger partial charge in [0.05, 0.1) is 12.3 Å². The van der Waals surface area contributed by atoms with Crippen molar-refractivity contribution in [2.75, 3.05) is 11.9 Å². The molecule has 2 rings (SSSR count). The molecule has 0 radical (unpaired) electrons. The van der Waals surface area contributed by atoms with Gasteiger partial charge in [-0.05, 0) is 67.9 Å². The first kappa shape index (κ1) is 20.0. The quantitative estimate of drug-likeness (QED) is 0.492. The summed E-state index contributed by atoms with van der Waals surface area (Å²) in [5.74, 6) is 0.286. The predicted octanol–water partition coefficient (Wildman–Crippen LogP) is 3.05. The SMILES string of the molecule is CCOc1ccc(NC(=O)CCC(=O)N/N=C(\C)c2ccc(O)cc2)cc1. The lowest BCUT2D eigenvalue weighted by Gasteiger charge is -2.07. The van der Waals surface area contributed by atoms with E-state index in [0.29, 0.717) is 18.0 Å². The average molecular weight is 369 g/mol. The van der Waals surface area contributed by atoms with Gasteiger partial charge in [0.1, 0.15) is 11.5 Å². The minimum Gasteiger partial charge on any atom is -0.508 e. The second-order valence-corrected chi connectivity index (χ2v) is 5.78. The lowest BCUT2D eigenvalue weighted by Crippen LogP contribution is -2.21. The molecule has 0 aliphatic heterocycles. The summed E-state index contributed by atoms with van der Waals surface area (Å²) in [6, 6.07) is 13.5.